The van der Waals surface area contributed by atoms with E-state index >= 15 is 0 Å². The second-order valence-electron chi connectivity index (χ2n) is 5.76. The monoisotopic (exact) mass is 301 g/mol. The molecule has 2 aromatic carbocycles. The fourth-order valence-electron chi connectivity index (χ4n) is 2.67. The van der Waals surface area contributed by atoms with Crippen LogP contribution < -0.4 is 5.32 Å². The Morgan fingerprint density at radius 3 is 2.52 bits per heavy atom. The van der Waals surface area contributed by atoms with Crippen molar-refractivity contribution in [2.24, 2.45) is 0 Å². The number of benzene rings is 2. The van der Waals surface area contributed by atoms with E-state index in [0.717, 1.165) is 24.4 Å². The van der Waals surface area contributed by atoms with Crippen molar-refractivity contribution in [1.29, 1.82) is 0 Å². The summed E-state index contributed by atoms with van der Waals surface area (Å²) in [6, 6.07) is 15.4. The van der Waals surface area contributed by atoms with Gasteiger partial charge in [-0.2, -0.15) is 0 Å². The first-order valence-electron chi connectivity index (χ1n) is 7.64. The molecule has 0 fully saturated rings. The fourth-order valence-corrected chi connectivity index (χ4v) is 2.97. The van der Waals surface area contributed by atoms with Gasteiger partial charge in [0, 0.05) is 11.1 Å². The summed E-state index contributed by atoms with van der Waals surface area (Å²) in [6.45, 7) is 7.45. The van der Waals surface area contributed by atoms with Crippen molar-refractivity contribution in [2.75, 3.05) is 6.54 Å². The Labute approximate surface area is 133 Å². The van der Waals surface area contributed by atoms with Crippen LogP contribution in [-0.2, 0) is 6.42 Å². The normalized spacial score (nSPS) is 12.4. The van der Waals surface area contributed by atoms with Crippen molar-refractivity contribution in [3.8, 4) is 0 Å². The van der Waals surface area contributed by atoms with E-state index in [1.807, 2.05) is 6.07 Å². The zero-order chi connectivity index (χ0) is 15.2. The zero-order valence-electron chi connectivity index (χ0n) is 13.1. The fraction of sp³-hybridized carbons (Fsp3) is 0.368. The average molecular weight is 302 g/mol. The van der Waals surface area contributed by atoms with Gasteiger partial charge >= 0.3 is 0 Å². The summed E-state index contributed by atoms with van der Waals surface area (Å²) in [4.78, 5) is 0. The summed E-state index contributed by atoms with van der Waals surface area (Å²) in [5.41, 5.74) is 5.16. The first-order chi connectivity index (χ1) is 10.1. The average Bonchev–Trinajstić information content (AvgIpc) is 2.42. The third-order valence-corrected chi connectivity index (χ3v) is 3.85. The Hall–Kier alpha value is -1.31. The number of nitrogens with one attached hydrogen (secondary N) is 1. The lowest BCUT2D eigenvalue weighted by Crippen LogP contribution is -2.24. The minimum absolute atomic E-state index is 0.309. The number of hydrogen-bond acceptors (Lipinski definition) is 1. The SMILES string of the molecule is CCCNC(Cc1cccc(C)c1)c1cc(C)cc(Cl)c1. The quantitative estimate of drug-likeness (QED) is 0.769. The van der Waals surface area contributed by atoms with E-state index < -0.39 is 0 Å². The van der Waals surface area contributed by atoms with Crippen molar-refractivity contribution in [3.63, 3.8) is 0 Å². The Morgan fingerprint density at radius 2 is 1.86 bits per heavy atom. The topological polar surface area (TPSA) is 12.0 Å². The van der Waals surface area contributed by atoms with Crippen molar-refractivity contribution in [2.45, 2.75) is 39.7 Å². The minimum atomic E-state index is 0.309. The molecule has 0 aliphatic heterocycles. The van der Waals surface area contributed by atoms with Crippen molar-refractivity contribution >= 4 is 11.6 Å². The first-order valence-corrected chi connectivity index (χ1v) is 8.02. The molecule has 21 heavy (non-hydrogen) atoms. The van der Waals surface area contributed by atoms with E-state index in [4.69, 9.17) is 11.6 Å². The van der Waals surface area contributed by atoms with E-state index in [9.17, 15) is 0 Å². The smallest absolute Gasteiger partial charge is 0.0411 e. The number of hydrogen-bond donors (Lipinski definition) is 1. The van der Waals surface area contributed by atoms with Crippen LogP contribution in [0, 0.1) is 13.8 Å². The zero-order valence-corrected chi connectivity index (χ0v) is 13.9. The Kier molecular flexibility index (Phi) is 5.84. The highest BCUT2D eigenvalue weighted by Crippen LogP contribution is 2.24. The summed E-state index contributed by atoms with van der Waals surface area (Å²) in [5, 5.41) is 4.47. The molecular formula is C19H24ClN. The van der Waals surface area contributed by atoms with Crippen LogP contribution in [0.5, 0.6) is 0 Å². The molecule has 0 heterocycles. The Balaban J connectivity index is 2.25. The van der Waals surface area contributed by atoms with Crippen molar-refractivity contribution < 1.29 is 0 Å². The maximum atomic E-state index is 6.23. The molecule has 0 saturated heterocycles. The molecular weight excluding hydrogens is 278 g/mol. The van der Waals surface area contributed by atoms with Gasteiger partial charge < -0.3 is 5.32 Å². The van der Waals surface area contributed by atoms with Crippen molar-refractivity contribution in [3.05, 3.63) is 69.7 Å². The highest BCUT2D eigenvalue weighted by molar-refractivity contribution is 6.30. The lowest BCUT2D eigenvalue weighted by atomic mass is 9.96. The Bertz CT molecular complexity index is 572. The predicted octanol–water partition coefficient (Wildman–Crippen LogP) is 5.24. The summed E-state index contributed by atoms with van der Waals surface area (Å²) in [7, 11) is 0. The summed E-state index contributed by atoms with van der Waals surface area (Å²) < 4.78 is 0. The molecule has 1 atom stereocenters. The van der Waals surface area contributed by atoms with Crippen LogP contribution in [0.2, 0.25) is 5.02 Å². The van der Waals surface area contributed by atoms with Gasteiger partial charge in [-0.3, -0.25) is 0 Å². The standard InChI is InChI=1S/C19H24ClN/c1-4-8-21-19(12-16-7-5-6-14(2)9-16)17-10-15(3)11-18(20)13-17/h5-7,9-11,13,19,21H,4,8,12H2,1-3H3. The third-order valence-electron chi connectivity index (χ3n) is 3.63. The molecule has 0 aromatic heterocycles. The van der Waals surface area contributed by atoms with Gasteiger partial charge in [0.25, 0.3) is 0 Å². The third kappa shape index (κ3) is 4.87. The second-order valence-corrected chi connectivity index (χ2v) is 6.20. The highest BCUT2D eigenvalue weighted by Gasteiger charge is 2.13. The van der Waals surface area contributed by atoms with Gasteiger partial charge in [-0.05, 0) is 62.1 Å². The van der Waals surface area contributed by atoms with E-state index in [2.05, 4.69) is 62.5 Å². The molecule has 0 spiro atoms. The molecule has 112 valence electrons. The second kappa shape index (κ2) is 7.63. The number of halogens is 1. The molecule has 0 bridgehead atoms. The van der Waals surface area contributed by atoms with Crippen LogP contribution in [0.4, 0.5) is 0 Å². The minimum Gasteiger partial charge on any atom is -0.310 e. The van der Waals surface area contributed by atoms with Crippen LogP contribution in [0.3, 0.4) is 0 Å². The molecule has 2 aromatic rings. The first kappa shape index (κ1) is 16.1. The van der Waals surface area contributed by atoms with Crippen LogP contribution >= 0.6 is 11.6 Å². The molecule has 0 aliphatic carbocycles. The number of rotatable bonds is 6. The maximum absolute atomic E-state index is 6.23. The van der Waals surface area contributed by atoms with E-state index in [-0.39, 0.29) is 0 Å². The van der Waals surface area contributed by atoms with Gasteiger partial charge in [0.1, 0.15) is 0 Å². The van der Waals surface area contributed by atoms with Crippen molar-refractivity contribution in [1.82, 2.24) is 5.32 Å². The van der Waals surface area contributed by atoms with Crippen LogP contribution in [0.1, 0.15) is 41.6 Å². The Morgan fingerprint density at radius 1 is 1.05 bits per heavy atom. The van der Waals surface area contributed by atoms with E-state index in [0.29, 0.717) is 6.04 Å². The van der Waals surface area contributed by atoms with Crippen LogP contribution in [0.15, 0.2) is 42.5 Å². The lowest BCUT2D eigenvalue weighted by molar-refractivity contribution is 0.529. The lowest BCUT2D eigenvalue weighted by Gasteiger charge is -2.20. The van der Waals surface area contributed by atoms with Gasteiger partial charge in [0.05, 0.1) is 0 Å². The molecule has 2 heteroatoms. The van der Waals surface area contributed by atoms with Gasteiger partial charge in [-0.25, -0.2) is 0 Å². The van der Waals surface area contributed by atoms with Gasteiger partial charge in [-0.1, -0.05) is 54.4 Å². The largest absolute Gasteiger partial charge is 0.310 e. The maximum Gasteiger partial charge on any atom is 0.0411 e. The molecule has 2 rings (SSSR count). The molecule has 0 amide bonds. The summed E-state index contributed by atoms with van der Waals surface area (Å²) in [5.74, 6) is 0. The van der Waals surface area contributed by atoms with Gasteiger partial charge in [0.2, 0.25) is 0 Å². The highest BCUT2D eigenvalue weighted by atomic mass is 35.5. The van der Waals surface area contributed by atoms with Crippen LogP contribution in [-0.4, -0.2) is 6.54 Å². The molecule has 0 saturated carbocycles. The molecule has 1 nitrogen and oxygen atoms in total. The van der Waals surface area contributed by atoms with E-state index in [1.165, 1.54) is 22.3 Å². The predicted molar refractivity (Wildman–Crippen MR) is 92.1 cm³/mol. The number of aryl methyl sites for hydroxylation is 2. The van der Waals surface area contributed by atoms with Gasteiger partial charge in [-0.15, -0.1) is 0 Å². The molecule has 1 unspecified atom stereocenters. The summed E-state index contributed by atoms with van der Waals surface area (Å²) >= 11 is 6.23. The molecule has 0 aliphatic rings. The molecule has 1 N–H and O–H groups in total. The molecule has 0 radical (unpaired) electrons. The van der Waals surface area contributed by atoms with Crippen LogP contribution in [0.25, 0.3) is 0 Å². The van der Waals surface area contributed by atoms with Gasteiger partial charge in [0.15, 0.2) is 0 Å². The van der Waals surface area contributed by atoms with E-state index in [1.54, 1.807) is 0 Å². The summed E-state index contributed by atoms with van der Waals surface area (Å²) in [6.07, 6.45) is 2.12.